The first kappa shape index (κ1) is 23.1. The topological polar surface area (TPSA) is 95.9 Å². The number of thioether (sulfide) groups is 1. The van der Waals surface area contributed by atoms with Crippen LogP contribution >= 0.6 is 23.1 Å². The van der Waals surface area contributed by atoms with Crippen LogP contribution in [-0.2, 0) is 9.59 Å². The van der Waals surface area contributed by atoms with Gasteiger partial charge in [0, 0.05) is 25.2 Å². The maximum absolute atomic E-state index is 12.5. The first-order valence-corrected chi connectivity index (χ1v) is 13.1. The Bertz CT molecular complexity index is 1160. The largest absolute Gasteiger partial charge is 0.490 e. The van der Waals surface area contributed by atoms with Crippen molar-refractivity contribution < 1.29 is 14.3 Å². The van der Waals surface area contributed by atoms with Gasteiger partial charge in [-0.05, 0) is 81.3 Å². The molecular weight excluding hydrogens is 470 g/mol. The van der Waals surface area contributed by atoms with Crippen LogP contribution in [0.4, 0.5) is 10.8 Å². The van der Waals surface area contributed by atoms with Crippen LogP contribution < -0.4 is 15.4 Å². The van der Waals surface area contributed by atoms with Gasteiger partial charge in [0.1, 0.15) is 11.9 Å². The number of likely N-dealkylation sites (tertiary alicyclic amines) is 1. The molecule has 2 amide bonds. The summed E-state index contributed by atoms with van der Waals surface area (Å²) in [4.78, 5) is 36.9. The Morgan fingerprint density at radius 2 is 2.09 bits per heavy atom. The van der Waals surface area contributed by atoms with E-state index in [1.165, 1.54) is 23.1 Å². The number of amides is 2. The summed E-state index contributed by atoms with van der Waals surface area (Å²) < 4.78 is 6.16. The summed E-state index contributed by atoms with van der Waals surface area (Å²) in [5.74, 6) is 0.808. The van der Waals surface area contributed by atoms with Gasteiger partial charge in [-0.25, -0.2) is 9.98 Å². The number of piperidine rings is 1. The van der Waals surface area contributed by atoms with Crippen LogP contribution in [0.2, 0.25) is 0 Å². The number of anilines is 1. The fraction of sp³-hybridized carbons (Fsp3) is 0.417. The van der Waals surface area contributed by atoms with Crippen molar-refractivity contribution in [3.8, 4) is 5.75 Å². The fourth-order valence-electron chi connectivity index (χ4n) is 3.81. The number of rotatable bonds is 6. The molecule has 1 saturated carbocycles. The van der Waals surface area contributed by atoms with Gasteiger partial charge in [-0.15, -0.1) is 0 Å². The van der Waals surface area contributed by atoms with E-state index in [0.717, 1.165) is 60.7 Å². The molecule has 10 heteroatoms. The number of aromatic nitrogens is 1. The number of thiazole rings is 1. The lowest BCUT2D eigenvalue weighted by Gasteiger charge is -2.29. The van der Waals surface area contributed by atoms with Crippen LogP contribution in [0.15, 0.2) is 34.3 Å². The smallest absolute Gasteiger partial charge is 0.264 e. The van der Waals surface area contributed by atoms with Gasteiger partial charge in [-0.2, -0.15) is 0 Å². The highest BCUT2D eigenvalue weighted by atomic mass is 32.2. The lowest BCUT2D eigenvalue weighted by atomic mass is 10.1. The van der Waals surface area contributed by atoms with Crippen LogP contribution in [0.1, 0.15) is 36.1 Å². The summed E-state index contributed by atoms with van der Waals surface area (Å²) in [5, 5.41) is 6.76. The number of benzene rings is 1. The second kappa shape index (κ2) is 9.89. The highest BCUT2D eigenvalue weighted by molar-refractivity contribution is 8.18. The molecule has 0 spiro atoms. The zero-order valence-corrected chi connectivity index (χ0v) is 20.8. The summed E-state index contributed by atoms with van der Waals surface area (Å²) in [6.45, 7) is 4.11. The van der Waals surface area contributed by atoms with Crippen molar-refractivity contribution in [3.05, 3.63) is 39.7 Å². The molecule has 0 unspecified atom stereocenters. The monoisotopic (exact) mass is 497 g/mol. The molecule has 2 aliphatic heterocycles. The fourth-order valence-corrected chi connectivity index (χ4v) is 5.47. The Balaban J connectivity index is 1.22. The van der Waals surface area contributed by atoms with Gasteiger partial charge in [-0.1, -0.05) is 11.3 Å². The van der Waals surface area contributed by atoms with Crippen molar-refractivity contribution in [1.82, 2.24) is 15.2 Å². The molecule has 8 nitrogen and oxygen atoms in total. The van der Waals surface area contributed by atoms with E-state index in [1.807, 2.05) is 25.1 Å². The number of hydrogen-bond acceptors (Lipinski definition) is 8. The average Bonchev–Trinajstić information content (AvgIpc) is 3.49. The Kier molecular flexibility index (Phi) is 6.71. The third kappa shape index (κ3) is 5.68. The third-order valence-corrected chi connectivity index (χ3v) is 7.75. The van der Waals surface area contributed by atoms with E-state index in [1.54, 1.807) is 12.3 Å². The Hall–Kier alpha value is -2.69. The minimum Gasteiger partial charge on any atom is -0.490 e. The first-order valence-electron chi connectivity index (χ1n) is 11.4. The van der Waals surface area contributed by atoms with Crippen LogP contribution in [0.25, 0.3) is 6.08 Å². The number of ether oxygens (including phenoxy) is 1. The zero-order chi connectivity index (χ0) is 23.7. The summed E-state index contributed by atoms with van der Waals surface area (Å²) in [6.07, 6.45) is 7.65. The first-order chi connectivity index (χ1) is 16.4. The SMILES string of the molecule is Cc1cc(OC2CCN(C)CC2)ccc1N=C1NC(=O)C(=Cc2cnc(NC(=O)C3CC3)s2)S1. The van der Waals surface area contributed by atoms with Crippen LogP contribution in [-0.4, -0.2) is 53.1 Å². The van der Waals surface area contributed by atoms with Crippen molar-refractivity contribution in [2.45, 2.75) is 38.7 Å². The second-order valence-electron chi connectivity index (χ2n) is 8.88. The number of carbonyl (C=O) groups is 2. The molecule has 1 aliphatic carbocycles. The molecule has 2 saturated heterocycles. The number of amidine groups is 1. The van der Waals surface area contributed by atoms with Gasteiger partial charge in [0.25, 0.3) is 5.91 Å². The van der Waals surface area contributed by atoms with E-state index in [-0.39, 0.29) is 23.8 Å². The number of aryl methyl sites for hydroxylation is 1. The molecular formula is C24H27N5O3S2. The number of nitrogens with one attached hydrogen (secondary N) is 2. The van der Waals surface area contributed by atoms with Gasteiger partial charge < -0.3 is 20.3 Å². The predicted octanol–water partition coefficient (Wildman–Crippen LogP) is 4.16. The summed E-state index contributed by atoms with van der Waals surface area (Å²) in [7, 11) is 2.14. The number of carbonyl (C=O) groups excluding carboxylic acids is 2. The molecule has 5 rings (SSSR count). The Morgan fingerprint density at radius 1 is 1.29 bits per heavy atom. The number of aliphatic imine (C=N–C) groups is 1. The van der Waals surface area contributed by atoms with Crippen LogP contribution in [0.3, 0.4) is 0 Å². The molecule has 2 aromatic rings. The molecule has 34 heavy (non-hydrogen) atoms. The summed E-state index contributed by atoms with van der Waals surface area (Å²) in [5.41, 5.74) is 1.78. The molecule has 3 heterocycles. The minimum absolute atomic E-state index is 0.0223. The maximum Gasteiger partial charge on any atom is 0.264 e. The molecule has 2 N–H and O–H groups in total. The molecule has 1 aromatic carbocycles. The second-order valence-corrected chi connectivity index (χ2v) is 11.0. The predicted molar refractivity (Wildman–Crippen MR) is 137 cm³/mol. The van der Waals surface area contributed by atoms with Crippen molar-refractivity contribution in [2.75, 3.05) is 25.5 Å². The molecule has 0 bridgehead atoms. The quantitative estimate of drug-likeness (QED) is 0.582. The summed E-state index contributed by atoms with van der Waals surface area (Å²) >= 11 is 2.64. The van der Waals surface area contributed by atoms with Crippen molar-refractivity contribution in [2.24, 2.45) is 10.9 Å². The van der Waals surface area contributed by atoms with Gasteiger partial charge in [0.2, 0.25) is 5.91 Å². The van der Waals surface area contributed by atoms with Gasteiger partial charge in [-0.3, -0.25) is 9.59 Å². The standard InChI is InChI=1S/C24H27N5O3S2/c1-14-11-17(32-16-7-9-29(2)10-8-16)5-6-19(14)26-24-28-22(31)20(34-24)12-18-13-25-23(33-18)27-21(30)15-3-4-15/h5-6,11-13,15-16H,3-4,7-10H2,1-2H3,(H,25,27,30)(H,26,28,31). The lowest BCUT2D eigenvalue weighted by Crippen LogP contribution is -2.35. The molecule has 3 aliphatic rings. The van der Waals surface area contributed by atoms with Crippen molar-refractivity contribution >= 4 is 57.0 Å². The molecule has 0 radical (unpaired) electrons. The van der Waals surface area contributed by atoms with Crippen LogP contribution in [0, 0.1) is 12.8 Å². The average molecular weight is 498 g/mol. The van der Waals surface area contributed by atoms with Crippen molar-refractivity contribution in [3.63, 3.8) is 0 Å². The van der Waals surface area contributed by atoms with Gasteiger partial charge >= 0.3 is 0 Å². The number of hydrogen-bond donors (Lipinski definition) is 2. The summed E-state index contributed by atoms with van der Waals surface area (Å²) in [6, 6.07) is 5.88. The Morgan fingerprint density at radius 3 is 2.82 bits per heavy atom. The maximum atomic E-state index is 12.5. The van der Waals surface area contributed by atoms with E-state index in [4.69, 9.17) is 4.74 Å². The van der Waals surface area contributed by atoms with E-state index in [2.05, 4.69) is 32.6 Å². The lowest BCUT2D eigenvalue weighted by molar-refractivity contribution is -0.117. The molecule has 0 atom stereocenters. The van der Waals surface area contributed by atoms with Gasteiger partial charge in [0.05, 0.1) is 15.5 Å². The van der Waals surface area contributed by atoms with E-state index >= 15 is 0 Å². The molecule has 1 aromatic heterocycles. The highest BCUT2D eigenvalue weighted by Crippen LogP contribution is 2.33. The minimum atomic E-state index is -0.194. The van der Waals surface area contributed by atoms with E-state index in [9.17, 15) is 9.59 Å². The normalized spacial score (nSPS) is 21.8. The zero-order valence-electron chi connectivity index (χ0n) is 19.2. The van der Waals surface area contributed by atoms with Gasteiger partial charge in [0.15, 0.2) is 10.3 Å². The Labute approximate surface area is 206 Å². The molecule has 3 fully saturated rings. The highest BCUT2D eigenvalue weighted by Gasteiger charge is 2.30. The van der Waals surface area contributed by atoms with E-state index in [0.29, 0.717) is 15.2 Å². The van der Waals surface area contributed by atoms with Crippen LogP contribution in [0.5, 0.6) is 5.75 Å². The third-order valence-electron chi connectivity index (χ3n) is 5.98. The molecule has 178 valence electrons. The number of nitrogens with zero attached hydrogens (tertiary/aromatic N) is 3. The van der Waals surface area contributed by atoms with Crippen molar-refractivity contribution in [1.29, 1.82) is 0 Å². The van der Waals surface area contributed by atoms with E-state index < -0.39 is 0 Å².